The number of carbonyl (C=O) groups is 1. The van der Waals surface area contributed by atoms with Crippen molar-refractivity contribution in [1.82, 2.24) is 14.9 Å². The van der Waals surface area contributed by atoms with Gasteiger partial charge >= 0.3 is 0 Å². The molecule has 0 bridgehead atoms. The van der Waals surface area contributed by atoms with Gasteiger partial charge in [-0.1, -0.05) is 25.1 Å². The molecule has 0 spiro atoms. The Morgan fingerprint density at radius 2 is 1.89 bits per heavy atom. The lowest BCUT2D eigenvalue weighted by molar-refractivity contribution is -0.132. The molecule has 1 aliphatic heterocycles. The van der Waals surface area contributed by atoms with Crippen LogP contribution in [-0.2, 0) is 4.79 Å². The van der Waals surface area contributed by atoms with Gasteiger partial charge in [0.25, 0.3) is 0 Å². The lowest BCUT2D eigenvalue weighted by atomic mass is 10.1. The van der Waals surface area contributed by atoms with Gasteiger partial charge in [-0.3, -0.25) is 9.78 Å². The molecular weight excluding hydrogens is 374 g/mol. The minimum Gasteiger partial charge on any atom is -0.474 e. The van der Waals surface area contributed by atoms with Crippen LogP contribution in [-0.4, -0.2) is 40.0 Å². The molecule has 0 atom stereocenters. The van der Waals surface area contributed by atoms with Gasteiger partial charge in [0, 0.05) is 61.8 Å². The van der Waals surface area contributed by atoms with Crippen LogP contribution >= 0.6 is 12.4 Å². The first-order valence-electron chi connectivity index (χ1n) is 9.48. The summed E-state index contributed by atoms with van der Waals surface area (Å²) in [6, 6.07) is 14.2. The maximum absolute atomic E-state index is 11.8. The number of fused-ring (bicyclic) bond motifs is 1. The molecular formula is C22H24ClN3O2. The highest BCUT2D eigenvalue weighted by Gasteiger charge is 2.23. The van der Waals surface area contributed by atoms with Crippen LogP contribution in [0.1, 0.15) is 26.2 Å². The van der Waals surface area contributed by atoms with Gasteiger partial charge in [0.2, 0.25) is 11.8 Å². The van der Waals surface area contributed by atoms with E-state index in [0.717, 1.165) is 48.0 Å². The number of piperidine rings is 1. The largest absolute Gasteiger partial charge is 0.474 e. The minimum atomic E-state index is 0. The predicted molar refractivity (Wildman–Crippen MR) is 113 cm³/mol. The molecule has 0 radical (unpaired) electrons. The molecule has 6 heteroatoms. The molecule has 0 aliphatic carbocycles. The van der Waals surface area contributed by atoms with E-state index in [4.69, 9.17) is 4.74 Å². The second kappa shape index (κ2) is 9.02. The molecule has 3 aromatic rings. The summed E-state index contributed by atoms with van der Waals surface area (Å²) in [5.74, 6) is 0.860. The maximum Gasteiger partial charge on any atom is 0.222 e. The lowest BCUT2D eigenvalue weighted by Crippen LogP contribution is -2.41. The molecule has 1 aliphatic rings. The van der Waals surface area contributed by atoms with Gasteiger partial charge in [-0.05, 0) is 23.8 Å². The fourth-order valence-electron chi connectivity index (χ4n) is 3.48. The zero-order valence-corrected chi connectivity index (χ0v) is 16.7. The number of halogens is 1. The molecule has 1 aromatic carbocycles. The number of likely N-dealkylation sites (tertiary alicyclic amines) is 1. The van der Waals surface area contributed by atoms with Crippen molar-refractivity contribution in [2.45, 2.75) is 32.3 Å². The number of hydrogen-bond acceptors (Lipinski definition) is 4. The second-order valence-electron chi connectivity index (χ2n) is 6.85. The van der Waals surface area contributed by atoms with Crippen molar-refractivity contribution in [3.63, 3.8) is 0 Å². The summed E-state index contributed by atoms with van der Waals surface area (Å²) in [5.41, 5.74) is 3.11. The number of benzene rings is 1. The Morgan fingerprint density at radius 3 is 2.61 bits per heavy atom. The van der Waals surface area contributed by atoms with Crippen molar-refractivity contribution in [2.24, 2.45) is 0 Å². The van der Waals surface area contributed by atoms with E-state index in [1.165, 1.54) is 0 Å². The van der Waals surface area contributed by atoms with Crippen molar-refractivity contribution in [3.05, 3.63) is 54.9 Å². The van der Waals surface area contributed by atoms with Gasteiger partial charge in [-0.15, -0.1) is 12.4 Å². The summed E-state index contributed by atoms with van der Waals surface area (Å²) in [5, 5.41) is 1.13. The van der Waals surface area contributed by atoms with Crippen LogP contribution in [0.4, 0.5) is 0 Å². The summed E-state index contributed by atoms with van der Waals surface area (Å²) >= 11 is 0. The van der Waals surface area contributed by atoms with Crippen LogP contribution in [0.2, 0.25) is 0 Å². The normalized spacial score (nSPS) is 14.5. The van der Waals surface area contributed by atoms with E-state index in [0.29, 0.717) is 12.3 Å². The summed E-state index contributed by atoms with van der Waals surface area (Å²) in [6.07, 6.45) is 6.04. The molecule has 1 saturated heterocycles. The number of carbonyl (C=O) groups excluding carboxylic acids is 1. The SMILES string of the molecule is CCC(=O)N1CCC(Oc2ccc(-c3ccc4cccnc4c3)cn2)CC1.Cl. The van der Waals surface area contributed by atoms with Crippen LogP contribution in [0, 0.1) is 0 Å². The highest BCUT2D eigenvalue weighted by Crippen LogP contribution is 2.25. The average Bonchev–Trinajstić information content (AvgIpc) is 2.74. The van der Waals surface area contributed by atoms with Crippen LogP contribution in [0.3, 0.4) is 0 Å². The Balaban J connectivity index is 0.00000225. The number of hydrogen-bond donors (Lipinski definition) is 0. The van der Waals surface area contributed by atoms with Crippen LogP contribution in [0.5, 0.6) is 5.88 Å². The van der Waals surface area contributed by atoms with Crippen molar-refractivity contribution in [3.8, 4) is 17.0 Å². The molecule has 0 N–H and O–H groups in total. The van der Waals surface area contributed by atoms with Crippen LogP contribution in [0.25, 0.3) is 22.0 Å². The summed E-state index contributed by atoms with van der Waals surface area (Å²) in [4.78, 5) is 22.6. The van der Waals surface area contributed by atoms with E-state index in [1.54, 1.807) is 6.20 Å². The molecule has 1 fully saturated rings. The molecule has 4 rings (SSSR count). The fourth-order valence-corrected chi connectivity index (χ4v) is 3.48. The number of amides is 1. The monoisotopic (exact) mass is 397 g/mol. The minimum absolute atomic E-state index is 0. The first kappa shape index (κ1) is 20.1. The molecule has 0 unspecified atom stereocenters. The van der Waals surface area contributed by atoms with Gasteiger partial charge in [-0.25, -0.2) is 4.98 Å². The molecule has 3 heterocycles. The van der Waals surface area contributed by atoms with Gasteiger partial charge in [0.1, 0.15) is 6.10 Å². The lowest BCUT2D eigenvalue weighted by Gasteiger charge is -2.31. The Morgan fingerprint density at radius 1 is 1.11 bits per heavy atom. The number of ether oxygens (including phenoxy) is 1. The van der Waals surface area contributed by atoms with Crippen molar-refractivity contribution >= 4 is 29.2 Å². The number of nitrogens with zero attached hydrogens (tertiary/aromatic N) is 3. The molecule has 1 amide bonds. The maximum atomic E-state index is 11.8. The van der Waals surface area contributed by atoms with Crippen molar-refractivity contribution in [2.75, 3.05) is 13.1 Å². The molecule has 28 heavy (non-hydrogen) atoms. The standard InChI is InChI=1S/C22H23N3O2.ClH/c1-2-22(26)25-12-9-19(10-13-25)27-21-8-7-18(15-24-21)17-6-5-16-4-3-11-23-20(16)14-17;/h3-8,11,14-15,19H,2,9-10,12-13H2,1H3;1H. The smallest absolute Gasteiger partial charge is 0.222 e. The average molecular weight is 398 g/mol. The van der Waals surface area contributed by atoms with Gasteiger partial charge in [0.15, 0.2) is 0 Å². The Hall–Kier alpha value is -2.66. The van der Waals surface area contributed by atoms with Gasteiger partial charge in [-0.2, -0.15) is 0 Å². The Bertz CT molecular complexity index is 938. The number of pyridine rings is 2. The van der Waals surface area contributed by atoms with E-state index in [9.17, 15) is 4.79 Å². The fraction of sp³-hybridized carbons (Fsp3) is 0.318. The van der Waals surface area contributed by atoms with E-state index in [-0.39, 0.29) is 24.4 Å². The summed E-state index contributed by atoms with van der Waals surface area (Å²) < 4.78 is 6.02. The van der Waals surface area contributed by atoms with E-state index in [2.05, 4.69) is 34.2 Å². The first-order valence-corrected chi connectivity index (χ1v) is 9.48. The zero-order chi connectivity index (χ0) is 18.6. The molecule has 0 saturated carbocycles. The van der Waals surface area contributed by atoms with E-state index < -0.39 is 0 Å². The molecule has 2 aromatic heterocycles. The van der Waals surface area contributed by atoms with Crippen molar-refractivity contribution in [1.29, 1.82) is 0 Å². The van der Waals surface area contributed by atoms with E-state index in [1.807, 2.05) is 36.2 Å². The van der Waals surface area contributed by atoms with Gasteiger partial charge in [0.05, 0.1) is 5.52 Å². The third kappa shape index (κ3) is 4.42. The topological polar surface area (TPSA) is 55.3 Å². The zero-order valence-electron chi connectivity index (χ0n) is 15.9. The predicted octanol–water partition coefficient (Wildman–Crippen LogP) is 4.50. The summed E-state index contributed by atoms with van der Waals surface area (Å²) in [7, 11) is 0. The highest BCUT2D eigenvalue weighted by molar-refractivity contribution is 5.85. The van der Waals surface area contributed by atoms with Gasteiger partial charge < -0.3 is 9.64 Å². The van der Waals surface area contributed by atoms with Crippen LogP contribution < -0.4 is 4.74 Å². The highest BCUT2D eigenvalue weighted by atomic mass is 35.5. The quantitative estimate of drug-likeness (QED) is 0.650. The number of rotatable bonds is 4. The number of aromatic nitrogens is 2. The van der Waals surface area contributed by atoms with Crippen molar-refractivity contribution < 1.29 is 9.53 Å². The third-order valence-electron chi connectivity index (χ3n) is 5.06. The first-order chi connectivity index (χ1) is 13.2. The summed E-state index contributed by atoms with van der Waals surface area (Å²) in [6.45, 7) is 3.43. The third-order valence-corrected chi connectivity index (χ3v) is 5.06. The molecule has 5 nitrogen and oxygen atoms in total. The Kier molecular flexibility index (Phi) is 6.47. The second-order valence-corrected chi connectivity index (χ2v) is 6.85. The van der Waals surface area contributed by atoms with E-state index >= 15 is 0 Å². The Labute approximate surface area is 171 Å². The van der Waals surface area contributed by atoms with Crippen LogP contribution in [0.15, 0.2) is 54.9 Å². The molecule has 146 valence electrons.